The number of esters is 1. The maximum atomic E-state index is 12.4. The second-order valence-electron chi connectivity index (χ2n) is 7.16. The van der Waals surface area contributed by atoms with Gasteiger partial charge in [0.05, 0.1) is 4.92 Å². The number of benzene rings is 1. The van der Waals surface area contributed by atoms with Gasteiger partial charge in [-0.3, -0.25) is 14.9 Å². The Bertz CT molecular complexity index is 703. The second kappa shape index (κ2) is 8.29. The summed E-state index contributed by atoms with van der Waals surface area (Å²) in [6, 6.07) is 4.41. The maximum Gasteiger partial charge on any atom is 0.346 e. The van der Waals surface area contributed by atoms with Crippen LogP contribution in [0.25, 0.3) is 0 Å². The summed E-state index contributed by atoms with van der Waals surface area (Å²) < 4.78 is 5.22. The SMILES string of the molecule is Cc1cccc([N+](=O)[O-])c1C(=O)O[C@H](C)C(=O)N[C@@H]1CCC[C@H](C)[C@@H]1C. The lowest BCUT2D eigenvalue weighted by Gasteiger charge is -2.35. The summed E-state index contributed by atoms with van der Waals surface area (Å²) in [6.45, 7) is 7.36. The molecule has 0 radical (unpaired) electrons. The highest BCUT2D eigenvalue weighted by Gasteiger charge is 2.31. The van der Waals surface area contributed by atoms with Gasteiger partial charge in [0, 0.05) is 12.1 Å². The lowest BCUT2D eigenvalue weighted by atomic mass is 9.78. The topological polar surface area (TPSA) is 98.5 Å². The van der Waals surface area contributed by atoms with Crippen LogP contribution in [-0.2, 0) is 9.53 Å². The quantitative estimate of drug-likeness (QED) is 0.492. The molecule has 142 valence electrons. The van der Waals surface area contributed by atoms with Gasteiger partial charge in [0.25, 0.3) is 11.6 Å². The number of nitrogens with zero attached hydrogens (tertiary/aromatic N) is 1. The summed E-state index contributed by atoms with van der Waals surface area (Å²) in [5.41, 5.74) is 0.000628. The fraction of sp³-hybridized carbons (Fsp3) is 0.579. The van der Waals surface area contributed by atoms with E-state index >= 15 is 0 Å². The van der Waals surface area contributed by atoms with Crippen LogP contribution in [0.4, 0.5) is 5.69 Å². The lowest BCUT2D eigenvalue weighted by molar-refractivity contribution is -0.385. The molecule has 0 bridgehead atoms. The van der Waals surface area contributed by atoms with Crippen molar-refractivity contribution in [2.24, 2.45) is 11.8 Å². The zero-order chi connectivity index (χ0) is 19.4. The first-order chi connectivity index (χ1) is 12.2. The van der Waals surface area contributed by atoms with E-state index in [2.05, 4.69) is 19.2 Å². The maximum absolute atomic E-state index is 12.4. The molecule has 4 atom stereocenters. The number of ether oxygens (including phenoxy) is 1. The van der Waals surface area contributed by atoms with Gasteiger partial charge in [-0.2, -0.15) is 0 Å². The fourth-order valence-electron chi connectivity index (χ4n) is 3.43. The number of amides is 1. The summed E-state index contributed by atoms with van der Waals surface area (Å²) >= 11 is 0. The number of rotatable bonds is 5. The molecule has 0 spiro atoms. The van der Waals surface area contributed by atoms with Gasteiger partial charge in [0.2, 0.25) is 0 Å². The molecule has 1 aromatic carbocycles. The van der Waals surface area contributed by atoms with Crippen LogP contribution < -0.4 is 5.32 Å². The highest BCUT2D eigenvalue weighted by molar-refractivity contribution is 5.97. The number of nitrogens with one attached hydrogen (secondary N) is 1. The van der Waals surface area contributed by atoms with Crippen LogP contribution in [0.1, 0.15) is 56.0 Å². The van der Waals surface area contributed by atoms with Gasteiger partial charge in [-0.25, -0.2) is 4.79 Å². The molecule has 7 nitrogen and oxygen atoms in total. The van der Waals surface area contributed by atoms with Crippen LogP contribution in [0.5, 0.6) is 0 Å². The molecule has 0 saturated heterocycles. The number of carbonyl (C=O) groups excluding carboxylic acids is 2. The van der Waals surface area contributed by atoms with E-state index in [1.54, 1.807) is 13.0 Å². The van der Waals surface area contributed by atoms with Gasteiger partial charge >= 0.3 is 5.97 Å². The van der Waals surface area contributed by atoms with E-state index in [1.807, 2.05) is 0 Å². The molecule has 26 heavy (non-hydrogen) atoms. The zero-order valence-electron chi connectivity index (χ0n) is 15.7. The zero-order valence-corrected chi connectivity index (χ0v) is 15.7. The summed E-state index contributed by atoms with van der Waals surface area (Å²) in [7, 11) is 0. The molecule has 2 rings (SSSR count). The molecule has 0 aromatic heterocycles. The number of carbonyl (C=O) groups is 2. The van der Waals surface area contributed by atoms with E-state index in [1.165, 1.54) is 19.1 Å². The second-order valence-corrected chi connectivity index (χ2v) is 7.16. The van der Waals surface area contributed by atoms with Crippen molar-refractivity contribution in [3.8, 4) is 0 Å². The predicted octanol–water partition coefficient (Wildman–Crippen LogP) is 3.39. The fourth-order valence-corrected chi connectivity index (χ4v) is 3.43. The Morgan fingerprint density at radius 2 is 2.00 bits per heavy atom. The van der Waals surface area contributed by atoms with Crippen molar-refractivity contribution in [3.63, 3.8) is 0 Å². The highest BCUT2D eigenvalue weighted by atomic mass is 16.6. The van der Waals surface area contributed by atoms with Crippen LogP contribution >= 0.6 is 0 Å². The Morgan fingerprint density at radius 1 is 1.31 bits per heavy atom. The molecule has 0 unspecified atom stereocenters. The van der Waals surface area contributed by atoms with E-state index in [-0.39, 0.29) is 23.2 Å². The summed E-state index contributed by atoms with van der Waals surface area (Å²) in [4.78, 5) is 35.3. The van der Waals surface area contributed by atoms with Crippen LogP contribution in [0.15, 0.2) is 18.2 Å². The standard InChI is InChI=1S/C19H26N2O5/c1-11-7-5-9-15(13(11)3)20-18(22)14(4)26-19(23)17-12(2)8-6-10-16(17)21(24)25/h6,8,10-11,13-15H,5,7,9H2,1-4H3,(H,20,22)/t11-,13-,14+,15+/m0/s1. The molecule has 1 N–H and O–H groups in total. The summed E-state index contributed by atoms with van der Waals surface area (Å²) in [5, 5.41) is 14.1. The van der Waals surface area contributed by atoms with Crippen molar-refractivity contribution in [1.82, 2.24) is 5.32 Å². The Labute approximate surface area is 153 Å². The predicted molar refractivity (Wildman–Crippen MR) is 96.8 cm³/mol. The van der Waals surface area contributed by atoms with Crippen LogP contribution in [0.2, 0.25) is 0 Å². The molecule has 1 fully saturated rings. The molecule has 1 aliphatic carbocycles. The number of hydrogen-bond acceptors (Lipinski definition) is 5. The molecule has 0 aliphatic heterocycles. The number of aryl methyl sites for hydroxylation is 1. The van der Waals surface area contributed by atoms with Crippen LogP contribution in [0, 0.1) is 28.9 Å². The Morgan fingerprint density at radius 3 is 2.65 bits per heavy atom. The van der Waals surface area contributed by atoms with E-state index in [9.17, 15) is 19.7 Å². The van der Waals surface area contributed by atoms with E-state index in [0.29, 0.717) is 17.4 Å². The van der Waals surface area contributed by atoms with E-state index in [4.69, 9.17) is 4.74 Å². The van der Waals surface area contributed by atoms with Crippen molar-refractivity contribution in [3.05, 3.63) is 39.4 Å². The van der Waals surface area contributed by atoms with Crippen molar-refractivity contribution in [2.45, 2.75) is 59.1 Å². The number of nitro groups is 1. The van der Waals surface area contributed by atoms with Crippen molar-refractivity contribution >= 4 is 17.6 Å². The van der Waals surface area contributed by atoms with Gasteiger partial charge in [0.15, 0.2) is 6.10 Å². The van der Waals surface area contributed by atoms with E-state index < -0.39 is 17.0 Å². The molecule has 0 heterocycles. The van der Waals surface area contributed by atoms with Crippen molar-refractivity contribution < 1.29 is 19.2 Å². The van der Waals surface area contributed by atoms with E-state index in [0.717, 1.165) is 19.3 Å². The smallest absolute Gasteiger partial charge is 0.346 e. The minimum Gasteiger partial charge on any atom is -0.449 e. The first-order valence-corrected chi connectivity index (χ1v) is 8.97. The first kappa shape index (κ1) is 19.9. The third-order valence-electron chi connectivity index (χ3n) is 5.34. The average molecular weight is 362 g/mol. The lowest BCUT2D eigenvalue weighted by Crippen LogP contribution is -2.47. The third-order valence-corrected chi connectivity index (χ3v) is 5.34. The largest absolute Gasteiger partial charge is 0.449 e. The van der Waals surface area contributed by atoms with Crippen molar-refractivity contribution in [2.75, 3.05) is 0 Å². The highest BCUT2D eigenvalue weighted by Crippen LogP contribution is 2.29. The first-order valence-electron chi connectivity index (χ1n) is 8.97. The van der Waals surface area contributed by atoms with Gasteiger partial charge in [-0.05, 0) is 37.7 Å². The van der Waals surface area contributed by atoms with Crippen molar-refractivity contribution in [1.29, 1.82) is 0 Å². The number of hydrogen-bond donors (Lipinski definition) is 1. The summed E-state index contributed by atoms with van der Waals surface area (Å²) in [5.74, 6) is -0.349. The van der Waals surface area contributed by atoms with Gasteiger partial charge < -0.3 is 10.1 Å². The number of nitro benzene ring substituents is 1. The molecule has 1 amide bonds. The molecular formula is C19H26N2O5. The minimum absolute atomic E-state index is 0.0557. The Balaban J connectivity index is 2.05. The summed E-state index contributed by atoms with van der Waals surface area (Å²) in [6.07, 6.45) is 2.09. The molecule has 1 saturated carbocycles. The monoisotopic (exact) mass is 362 g/mol. The molecule has 7 heteroatoms. The normalized spacial score (nSPS) is 23.8. The molecule has 1 aromatic rings. The Kier molecular flexibility index (Phi) is 6.34. The van der Waals surface area contributed by atoms with Gasteiger partial charge in [-0.1, -0.05) is 38.8 Å². The van der Waals surface area contributed by atoms with Gasteiger partial charge in [0.1, 0.15) is 5.56 Å². The Hall–Kier alpha value is -2.44. The van der Waals surface area contributed by atoms with Crippen LogP contribution in [0.3, 0.4) is 0 Å². The third kappa shape index (κ3) is 4.39. The average Bonchev–Trinajstić information content (AvgIpc) is 2.58. The molecule has 1 aliphatic rings. The van der Waals surface area contributed by atoms with Gasteiger partial charge in [-0.15, -0.1) is 0 Å². The minimum atomic E-state index is -1.02. The molecular weight excluding hydrogens is 336 g/mol. The van der Waals surface area contributed by atoms with Crippen LogP contribution in [-0.4, -0.2) is 28.9 Å².